The number of benzene rings is 1. The highest BCUT2D eigenvalue weighted by molar-refractivity contribution is 7.90. The fourth-order valence-electron chi connectivity index (χ4n) is 1.45. The summed E-state index contributed by atoms with van der Waals surface area (Å²) in [5.41, 5.74) is 5.69. The second kappa shape index (κ2) is 4.69. The van der Waals surface area contributed by atoms with Gasteiger partial charge >= 0.3 is 6.03 Å². The van der Waals surface area contributed by atoms with Gasteiger partial charge in [0, 0.05) is 17.3 Å². The van der Waals surface area contributed by atoms with Crippen molar-refractivity contribution in [3.05, 3.63) is 23.5 Å². The molecule has 0 bridgehead atoms. The van der Waals surface area contributed by atoms with Crippen LogP contribution in [0.15, 0.2) is 17.0 Å². The third-order valence-electron chi connectivity index (χ3n) is 2.81. The van der Waals surface area contributed by atoms with Crippen LogP contribution in [0, 0.1) is 12.7 Å². The zero-order valence-electron chi connectivity index (χ0n) is 10.2. The zero-order chi connectivity index (χ0) is 14.2. The lowest BCUT2D eigenvalue weighted by Gasteiger charge is -2.10. The number of carbonyl (C=O) groups excluding carboxylic acids is 1. The number of sulfonamides is 1. The van der Waals surface area contributed by atoms with Crippen LogP contribution in [0.2, 0.25) is 0 Å². The van der Waals surface area contributed by atoms with Crippen molar-refractivity contribution in [1.82, 2.24) is 10.0 Å². The van der Waals surface area contributed by atoms with Crippen molar-refractivity contribution in [2.24, 2.45) is 0 Å². The Hall–Kier alpha value is -1.83. The van der Waals surface area contributed by atoms with E-state index in [2.05, 4.69) is 5.32 Å². The molecule has 8 heteroatoms. The molecule has 6 nitrogen and oxygen atoms in total. The molecule has 2 amide bonds. The Morgan fingerprint density at radius 1 is 1.42 bits per heavy atom. The van der Waals surface area contributed by atoms with Crippen LogP contribution in [-0.4, -0.2) is 20.5 Å². The molecule has 1 fully saturated rings. The van der Waals surface area contributed by atoms with E-state index in [4.69, 9.17) is 5.73 Å². The molecule has 0 aromatic heterocycles. The van der Waals surface area contributed by atoms with Crippen molar-refractivity contribution in [1.29, 1.82) is 0 Å². The maximum Gasteiger partial charge on any atom is 0.328 e. The SMILES string of the molecule is Cc1c(N)cc(S(=O)(=O)NC(=O)NC2CC2)cc1F. The Labute approximate surface area is 110 Å². The average molecular weight is 287 g/mol. The van der Waals surface area contributed by atoms with Gasteiger partial charge in [-0.15, -0.1) is 0 Å². The van der Waals surface area contributed by atoms with Gasteiger partial charge in [0.05, 0.1) is 4.90 Å². The molecule has 0 heterocycles. The maximum absolute atomic E-state index is 13.5. The standard InChI is InChI=1S/C11H14FN3O3S/c1-6-9(12)4-8(5-10(6)13)19(17,18)15-11(16)14-7-2-3-7/h4-5,7H,2-3,13H2,1H3,(H2,14,15,16). The number of carbonyl (C=O) groups is 1. The number of amides is 2. The van der Waals surface area contributed by atoms with E-state index >= 15 is 0 Å². The van der Waals surface area contributed by atoms with Gasteiger partial charge in [0.1, 0.15) is 5.82 Å². The Morgan fingerprint density at radius 2 is 2.05 bits per heavy atom. The number of anilines is 1. The summed E-state index contributed by atoms with van der Waals surface area (Å²) in [6.07, 6.45) is 1.67. The summed E-state index contributed by atoms with van der Waals surface area (Å²) in [5.74, 6) is -0.733. The van der Waals surface area contributed by atoms with Gasteiger partial charge in [0.15, 0.2) is 0 Å². The van der Waals surface area contributed by atoms with Gasteiger partial charge in [-0.05, 0) is 31.9 Å². The number of halogens is 1. The van der Waals surface area contributed by atoms with E-state index in [-0.39, 0.29) is 22.2 Å². The van der Waals surface area contributed by atoms with Crippen molar-refractivity contribution in [2.45, 2.75) is 30.7 Å². The Balaban J connectivity index is 2.21. The molecule has 0 aliphatic heterocycles. The van der Waals surface area contributed by atoms with Crippen molar-refractivity contribution >= 4 is 21.7 Å². The summed E-state index contributed by atoms with van der Waals surface area (Å²) in [4.78, 5) is 11.0. The minimum Gasteiger partial charge on any atom is -0.398 e. The molecule has 2 rings (SSSR count). The molecule has 0 radical (unpaired) electrons. The molecule has 1 aliphatic rings. The van der Waals surface area contributed by atoms with Gasteiger partial charge < -0.3 is 11.1 Å². The first-order valence-electron chi connectivity index (χ1n) is 5.68. The quantitative estimate of drug-likeness (QED) is 0.718. The lowest BCUT2D eigenvalue weighted by Crippen LogP contribution is -2.40. The van der Waals surface area contributed by atoms with Crippen LogP contribution in [-0.2, 0) is 10.0 Å². The van der Waals surface area contributed by atoms with Crippen molar-refractivity contribution in [3.8, 4) is 0 Å². The van der Waals surface area contributed by atoms with Gasteiger partial charge in [0.25, 0.3) is 10.0 Å². The molecule has 1 saturated carbocycles. The highest BCUT2D eigenvalue weighted by Gasteiger charge is 2.26. The summed E-state index contributed by atoms with van der Waals surface area (Å²) in [7, 11) is -4.12. The van der Waals surface area contributed by atoms with E-state index in [0.29, 0.717) is 0 Å². The Kier molecular flexibility index (Phi) is 3.36. The number of urea groups is 1. The van der Waals surface area contributed by atoms with E-state index in [1.165, 1.54) is 6.92 Å². The molecule has 104 valence electrons. The van der Waals surface area contributed by atoms with Crippen LogP contribution >= 0.6 is 0 Å². The molecule has 1 aliphatic carbocycles. The van der Waals surface area contributed by atoms with E-state index in [1.54, 1.807) is 0 Å². The van der Waals surface area contributed by atoms with Crippen molar-refractivity contribution in [2.75, 3.05) is 5.73 Å². The van der Waals surface area contributed by atoms with Gasteiger partial charge in [-0.25, -0.2) is 22.3 Å². The molecule has 0 unspecified atom stereocenters. The van der Waals surface area contributed by atoms with E-state index in [1.807, 2.05) is 4.72 Å². The van der Waals surface area contributed by atoms with Crippen LogP contribution in [0.5, 0.6) is 0 Å². The largest absolute Gasteiger partial charge is 0.398 e. The normalized spacial score (nSPS) is 15.1. The predicted octanol–water partition coefficient (Wildman–Crippen LogP) is 0.867. The molecular weight excluding hydrogens is 273 g/mol. The minimum absolute atomic E-state index is 0.0166. The van der Waals surface area contributed by atoms with E-state index < -0.39 is 21.9 Å². The van der Waals surface area contributed by atoms with Crippen LogP contribution in [0.1, 0.15) is 18.4 Å². The number of rotatable bonds is 3. The van der Waals surface area contributed by atoms with Crippen LogP contribution in [0.4, 0.5) is 14.9 Å². The van der Waals surface area contributed by atoms with Crippen LogP contribution in [0.3, 0.4) is 0 Å². The lowest BCUT2D eigenvalue weighted by atomic mass is 10.2. The third-order valence-corrected chi connectivity index (χ3v) is 4.12. The average Bonchev–Trinajstić information content (AvgIpc) is 3.08. The van der Waals surface area contributed by atoms with Crippen LogP contribution < -0.4 is 15.8 Å². The molecule has 0 atom stereocenters. The zero-order valence-corrected chi connectivity index (χ0v) is 11.1. The molecule has 0 spiro atoms. The predicted molar refractivity (Wildman–Crippen MR) is 67.4 cm³/mol. The molecule has 19 heavy (non-hydrogen) atoms. The summed E-state index contributed by atoms with van der Waals surface area (Å²) >= 11 is 0. The molecule has 0 saturated heterocycles. The summed E-state index contributed by atoms with van der Waals surface area (Å²) in [6.45, 7) is 1.44. The van der Waals surface area contributed by atoms with Gasteiger partial charge in [-0.3, -0.25) is 0 Å². The fourth-order valence-corrected chi connectivity index (χ4v) is 2.41. The topological polar surface area (TPSA) is 101 Å². The highest BCUT2D eigenvalue weighted by Crippen LogP contribution is 2.21. The number of nitrogens with one attached hydrogen (secondary N) is 2. The van der Waals surface area contributed by atoms with Crippen LogP contribution in [0.25, 0.3) is 0 Å². The van der Waals surface area contributed by atoms with E-state index in [0.717, 1.165) is 25.0 Å². The molecule has 4 N–H and O–H groups in total. The van der Waals surface area contributed by atoms with Gasteiger partial charge in [-0.1, -0.05) is 0 Å². The number of nitrogens with two attached hydrogens (primary N) is 1. The minimum atomic E-state index is -4.12. The second-order valence-electron chi connectivity index (χ2n) is 4.47. The number of nitrogen functional groups attached to an aromatic ring is 1. The third kappa shape index (κ3) is 3.14. The maximum atomic E-state index is 13.5. The first kappa shape index (κ1) is 13.6. The smallest absolute Gasteiger partial charge is 0.328 e. The fraction of sp³-hybridized carbons (Fsp3) is 0.364. The van der Waals surface area contributed by atoms with Crippen molar-refractivity contribution < 1.29 is 17.6 Å². The second-order valence-corrected chi connectivity index (χ2v) is 6.15. The number of hydrogen-bond acceptors (Lipinski definition) is 4. The van der Waals surface area contributed by atoms with Crippen molar-refractivity contribution in [3.63, 3.8) is 0 Å². The van der Waals surface area contributed by atoms with Gasteiger partial charge in [-0.2, -0.15) is 0 Å². The van der Waals surface area contributed by atoms with E-state index in [9.17, 15) is 17.6 Å². The number of hydrogen-bond donors (Lipinski definition) is 3. The molecule has 1 aromatic carbocycles. The monoisotopic (exact) mass is 287 g/mol. The first-order valence-corrected chi connectivity index (χ1v) is 7.17. The summed E-state index contributed by atoms with van der Waals surface area (Å²) in [6, 6.07) is 1.15. The Morgan fingerprint density at radius 3 is 2.58 bits per heavy atom. The highest BCUT2D eigenvalue weighted by atomic mass is 32.2. The first-order chi connectivity index (χ1) is 8.79. The lowest BCUT2D eigenvalue weighted by molar-refractivity contribution is 0.245. The summed E-state index contributed by atoms with van der Waals surface area (Å²) < 4.78 is 39.0. The summed E-state index contributed by atoms with van der Waals surface area (Å²) in [5, 5.41) is 2.47. The molecular formula is C11H14FN3O3S. The Bertz CT molecular complexity index is 603. The van der Waals surface area contributed by atoms with Gasteiger partial charge in [0.2, 0.25) is 0 Å². The molecule has 1 aromatic rings.